The molecule has 3 rings (SSSR count). The third-order valence-electron chi connectivity index (χ3n) is 4.96. The number of rotatable bonds is 11. The number of nitrogens with one attached hydrogen (secondary N) is 1. The van der Waals surface area contributed by atoms with Crippen molar-refractivity contribution in [2.75, 3.05) is 18.4 Å². The summed E-state index contributed by atoms with van der Waals surface area (Å²) in [4.78, 5) is 12.6. The lowest BCUT2D eigenvalue weighted by Gasteiger charge is -2.20. The molecule has 0 radical (unpaired) electrons. The molecule has 0 bridgehead atoms. The fourth-order valence-electron chi connectivity index (χ4n) is 3.25. The van der Waals surface area contributed by atoms with Gasteiger partial charge in [-0.15, -0.1) is 0 Å². The number of aromatic nitrogens is 2. The summed E-state index contributed by atoms with van der Waals surface area (Å²) in [6.45, 7) is 4.74. The predicted molar refractivity (Wildman–Crippen MR) is 123 cm³/mol. The summed E-state index contributed by atoms with van der Waals surface area (Å²) in [5.74, 6) is -0.0947. The SMILES string of the molecule is CCN(CC)S(=O)(=O)c1ccc(Oc2ccc(F)cc2)c(NC(=O)CCCn2cccn2)c1. The first-order valence-corrected chi connectivity index (χ1v) is 12.1. The standard InChI is InChI=1S/C23H27FN4O4S/c1-3-28(4-2)33(30,31)20-12-13-22(32-19-10-8-18(24)9-11-19)21(17-20)26-23(29)7-5-15-27-16-6-14-25-27/h6,8-14,16-17H,3-5,7,15H2,1-2H3,(H,26,29). The Balaban J connectivity index is 1.83. The normalized spacial score (nSPS) is 11.5. The zero-order chi connectivity index (χ0) is 23.8. The lowest BCUT2D eigenvalue weighted by Crippen LogP contribution is -2.30. The highest BCUT2D eigenvalue weighted by atomic mass is 32.2. The molecule has 33 heavy (non-hydrogen) atoms. The van der Waals surface area contributed by atoms with Gasteiger partial charge < -0.3 is 10.1 Å². The highest BCUT2D eigenvalue weighted by molar-refractivity contribution is 7.89. The van der Waals surface area contributed by atoms with E-state index < -0.39 is 15.8 Å². The van der Waals surface area contributed by atoms with Crippen LogP contribution in [0.4, 0.5) is 10.1 Å². The summed E-state index contributed by atoms with van der Waals surface area (Å²) >= 11 is 0. The molecular weight excluding hydrogens is 447 g/mol. The molecule has 0 fully saturated rings. The lowest BCUT2D eigenvalue weighted by molar-refractivity contribution is -0.116. The number of carbonyl (C=O) groups excluding carboxylic acids is 1. The molecule has 1 aromatic heterocycles. The number of ether oxygens (including phenoxy) is 1. The van der Waals surface area contributed by atoms with E-state index in [0.717, 1.165) is 0 Å². The summed E-state index contributed by atoms with van der Waals surface area (Å²) in [5, 5.41) is 6.86. The third-order valence-corrected chi connectivity index (χ3v) is 7.01. The van der Waals surface area contributed by atoms with Crippen molar-refractivity contribution in [1.82, 2.24) is 14.1 Å². The Morgan fingerprint density at radius 1 is 1.15 bits per heavy atom. The van der Waals surface area contributed by atoms with Crippen LogP contribution in [0.5, 0.6) is 11.5 Å². The second-order valence-electron chi connectivity index (χ2n) is 7.22. The number of sulfonamides is 1. The molecule has 0 unspecified atom stereocenters. The number of carbonyl (C=O) groups is 1. The van der Waals surface area contributed by atoms with Gasteiger partial charge in [0.15, 0.2) is 5.75 Å². The van der Waals surface area contributed by atoms with E-state index in [-0.39, 0.29) is 28.7 Å². The van der Waals surface area contributed by atoms with Crippen molar-refractivity contribution in [2.45, 2.75) is 38.1 Å². The fourth-order valence-corrected chi connectivity index (χ4v) is 4.73. The first-order chi connectivity index (χ1) is 15.8. The topological polar surface area (TPSA) is 93.5 Å². The van der Waals surface area contributed by atoms with Gasteiger partial charge in [0.25, 0.3) is 0 Å². The first kappa shape index (κ1) is 24.4. The fraction of sp³-hybridized carbons (Fsp3) is 0.304. The Hall–Kier alpha value is -3.24. The van der Waals surface area contributed by atoms with Crippen molar-refractivity contribution in [1.29, 1.82) is 0 Å². The van der Waals surface area contributed by atoms with E-state index in [1.54, 1.807) is 30.8 Å². The van der Waals surface area contributed by atoms with Crippen molar-refractivity contribution in [3.8, 4) is 11.5 Å². The van der Waals surface area contributed by atoms with Gasteiger partial charge in [-0.2, -0.15) is 9.40 Å². The van der Waals surface area contributed by atoms with Crippen molar-refractivity contribution < 1.29 is 22.3 Å². The van der Waals surface area contributed by atoms with E-state index in [0.29, 0.717) is 31.8 Å². The van der Waals surface area contributed by atoms with Crippen LogP contribution in [0.1, 0.15) is 26.7 Å². The molecular formula is C23H27FN4O4S. The molecule has 0 spiro atoms. The molecule has 2 aromatic carbocycles. The molecule has 0 saturated heterocycles. The molecule has 0 atom stereocenters. The lowest BCUT2D eigenvalue weighted by atomic mass is 10.2. The maximum Gasteiger partial charge on any atom is 0.243 e. The number of nitrogens with zero attached hydrogens (tertiary/aromatic N) is 3. The van der Waals surface area contributed by atoms with Crippen molar-refractivity contribution in [2.24, 2.45) is 0 Å². The molecule has 1 N–H and O–H groups in total. The molecule has 0 aliphatic heterocycles. The summed E-state index contributed by atoms with van der Waals surface area (Å²) in [6.07, 6.45) is 4.25. The van der Waals surface area contributed by atoms with E-state index in [4.69, 9.17) is 4.74 Å². The molecule has 0 aliphatic rings. The minimum Gasteiger partial charge on any atom is -0.455 e. The zero-order valence-corrected chi connectivity index (χ0v) is 19.4. The van der Waals surface area contributed by atoms with Crippen molar-refractivity contribution >= 4 is 21.6 Å². The van der Waals surface area contributed by atoms with Gasteiger partial charge in [0.2, 0.25) is 15.9 Å². The summed E-state index contributed by atoms with van der Waals surface area (Å²) in [5.41, 5.74) is 0.219. The van der Waals surface area contributed by atoms with Crippen LogP contribution >= 0.6 is 0 Å². The minimum atomic E-state index is -3.74. The summed E-state index contributed by atoms with van der Waals surface area (Å²) in [7, 11) is -3.74. The van der Waals surface area contributed by atoms with Gasteiger partial charge in [0.05, 0.1) is 10.6 Å². The second kappa shape index (κ2) is 11.1. The van der Waals surface area contributed by atoms with Gasteiger partial charge in [-0.25, -0.2) is 12.8 Å². The number of anilines is 1. The van der Waals surface area contributed by atoms with Crippen LogP contribution in [-0.4, -0.2) is 41.5 Å². The molecule has 0 aliphatic carbocycles. The summed E-state index contributed by atoms with van der Waals surface area (Å²) in [6, 6.07) is 11.5. The molecule has 0 saturated carbocycles. The average Bonchev–Trinajstić information content (AvgIpc) is 3.30. The minimum absolute atomic E-state index is 0.0458. The van der Waals surface area contributed by atoms with E-state index in [1.165, 1.54) is 46.8 Å². The van der Waals surface area contributed by atoms with Crippen LogP contribution in [0.2, 0.25) is 0 Å². The van der Waals surface area contributed by atoms with Crippen LogP contribution in [0, 0.1) is 5.82 Å². The Bertz CT molecular complexity index is 1160. The third kappa shape index (κ3) is 6.39. The van der Waals surface area contributed by atoms with E-state index in [9.17, 15) is 17.6 Å². The number of hydrogen-bond acceptors (Lipinski definition) is 5. The number of aryl methyl sites for hydroxylation is 1. The number of halogens is 1. The number of hydrogen-bond donors (Lipinski definition) is 1. The Morgan fingerprint density at radius 3 is 2.52 bits per heavy atom. The molecule has 10 heteroatoms. The van der Waals surface area contributed by atoms with Gasteiger partial charge in [0.1, 0.15) is 11.6 Å². The van der Waals surface area contributed by atoms with Crippen LogP contribution in [0.25, 0.3) is 0 Å². The van der Waals surface area contributed by atoms with Crippen molar-refractivity contribution in [3.63, 3.8) is 0 Å². The van der Waals surface area contributed by atoms with Gasteiger partial charge >= 0.3 is 0 Å². The Labute approximate surface area is 193 Å². The largest absolute Gasteiger partial charge is 0.455 e. The monoisotopic (exact) mass is 474 g/mol. The highest BCUT2D eigenvalue weighted by Gasteiger charge is 2.23. The van der Waals surface area contributed by atoms with Gasteiger partial charge in [-0.1, -0.05) is 13.8 Å². The van der Waals surface area contributed by atoms with Crippen molar-refractivity contribution in [3.05, 3.63) is 66.7 Å². The van der Waals surface area contributed by atoms with Crippen LogP contribution in [0.15, 0.2) is 65.8 Å². The number of benzene rings is 2. The van der Waals surface area contributed by atoms with Crippen LogP contribution < -0.4 is 10.1 Å². The Morgan fingerprint density at radius 2 is 1.88 bits per heavy atom. The highest BCUT2D eigenvalue weighted by Crippen LogP contribution is 2.33. The van der Waals surface area contributed by atoms with Crippen LogP contribution in [0.3, 0.4) is 0 Å². The maximum atomic E-state index is 13.2. The number of amides is 1. The molecule has 8 nitrogen and oxygen atoms in total. The van der Waals surface area contributed by atoms with E-state index in [1.807, 2.05) is 6.20 Å². The van der Waals surface area contributed by atoms with Gasteiger partial charge in [-0.3, -0.25) is 9.48 Å². The predicted octanol–water partition coefficient (Wildman–Crippen LogP) is 4.26. The first-order valence-electron chi connectivity index (χ1n) is 10.7. The zero-order valence-electron chi connectivity index (χ0n) is 18.6. The average molecular weight is 475 g/mol. The Kier molecular flexibility index (Phi) is 8.18. The maximum absolute atomic E-state index is 13.2. The van der Waals surface area contributed by atoms with Gasteiger partial charge in [0, 0.05) is 38.4 Å². The quantitative estimate of drug-likeness (QED) is 0.448. The molecule has 176 valence electrons. The molecule has 1 heterocycles. The van der Waals surface area contributed by atoms with Crippen LogP contribution in [-0.2, 0) is 21.4 Å². The smallest absolute Gasteiger partial charge is 0.243 e. The summed E-state index contributed by atoms with van der Waals surface area (Å²) < 4.78 is 48.0. The van der Waals surface area contributed by atoms with E-state index >= 15 is 0 Å². The molecule has 3 aromatic rings. The van der Waals surface area contributed by atoms with E-state index in [2.05, 4.69) is 10.4 Å². The second-order valence-corrected chi connectivity index (χ2v) is 9.16. The van der Waals surface area contributed by atoms with Gasteiger partial charge in [-0.05, 0) is 55.0 Å². The molecule has 1 amide bonds.